The molecule has 1 heterocycles. The number of nitro groups is 1. The molecule has 0 bridgehead atoms. The molecule has 0 aromatic heterocycles. The van der Waals surface area contributed by atoms with Gasteiger partial charge in [0.25, 0.3) is 5.69 Å². The maximum absolute atomic E-state index is 10.9. The van der Waals surface area contributed by atoms with Crippen LogP contribution in [-0.2, 0) is 11.3 Å². The van der Waals surface area contributed by atoms with Gasteiger partial charge >= 0.3 is 0 Å². The zero-order valence-electron chi connectivity index (χ0n) is 12.0. The number of morpholine rings is 1. The molecule has 1 fully saturated rings. The molecule has 20 heavy (non-hydrogen) atoms. The summed E-state index contributed by atoms with van der Waals surface area (Å²) >= 11 is 0. The second-order valence-electron chi connectivity index (χ2n) is 5.21. The normalized spacial score (nSPS) is 19.2. The van der Waals surface area contributed by atoms with E-state index in [9.17, 15) is 10.1 Å². The van der Waals surface area contributed by atoms with Crippen LogP contribution in [0.15, 0.2) is 18.2 Å². The van der Waals surface area contributed by atoms with Gasteiger partial charge in [0.2, 0.25) is 0 Å². The number of benzene rings is 1. The van der Waals surface area contributed by atoms with Crippen molar-refractivity contribution in [2.75, 3.05) is 33.3 Å². The summed E-state index contributed by atoms with van der Waals surface area (Å²) in [5, 5.41) is 14.2. The molecule has 1 aliphatic heterocycles. The largest absolute Gasteiger partial charge is 0.374 e. The third-order valence-electron chi connectivity index (χ3n) is 3.57. The van der Waals surface area contributed by atoms with Crippen LogP contribution in [0.5, 0.6) is 0 Å². The highest BCUT2D eigenvalue weighted by Crippen LogP contribution is 2.22. The van der Waals surface area contributed by atoms with E-state index >= 15 is 0 Å². The van der Waals surface area contributed by atoms with Crippen LogP contribution in [0, 0.1) is 17.0 Å². The van der Waals surface area contributed by atoms with Crippen LogP contribution < -0.4 is 5.32 Å². The third-order valence-corrected chi connectivity index (χ3v) is 3.57. The monoisotopic (exact) mass is 279 g/mol. The molecule has 1 saturated heterocycles. The molecule has 1 N–H and O–H groups in total. The lowest BCUT2D eigenvalue weighted by molar-refractivity contribution is -0.385. The molecule has 0 amide bonds. The first kappa shape index (κ1) is 14.9. The molecule has 0 saturated carbocycles. The van der Waals surface area contributed by atoms with Gasteiger partial charge in [0.05, 0.1) is 17.6 Å². The highest BCUT2D eigenvalue weighted by atomic mass is 16.6. The number of nitrogens with zero attached hydrogens (tertiary/aromatic N) is 2. The maximum Gasteiger partial charge on any atom is 0.272 e. The lowest BCUT2D eigenvalue weighted by atomic mass is 10.1. The number of hydrogen-bond donors (Lipinski definition) is 1. The van der Waals surface area contributed by atoms with Crippen molar-refractivity contribution in [1.29, 1.82) is 0 Å². The highest BCUT2D eigenvalue weighted by molar-refractivity contribution is 5.44. The fourth-order valence-corrected chi connectivity index (χ4v) is 2.48. The molecule has 1 aliphatic rings. The first-order valence-electron chi connectivity index (χ1n) is 6.81. The molecular formula is C14H21N3O3. The lowest BCUT2D eigenvalue weighted by Crippen LogP contribution is -2.44. The molecule has 1 unspecified atom stereocenters. The number of rotatable bonds is 5. The minimum absolute atomic E-state index is 0.187. The third kappa shape index (κ3) is 3.75. The van der Waals surface area contributed by atoms with Crippen molar-refractivity contribution in [3.63, 3.8) is 0 Å². The van der Waals surface area contributed by atoms with Gasteiger partial charge in [0, 0.05) is 37.8 Å². The van der Waals surface area contributed by atoms with Crippen molar-refractivity contribution in [3.05, 3.63) is 39.4 Å². The zero-order valence-corrected chi connectivity index (χ0v) is 12.0. The van der Waals surface area contributed by atoms with Gasteiger partial charge < -0.3 is 10.1 Å². The van der Waals surface area contributed by atoms with Crippen LogP contribution in [-0.4, -0.2) is 49.2 Å². The van der Waals surface area contributed by atoms with Gasteiger partial charge in [-0.3, -0.25) is 15.0 Å². The topological polar surface area (TPSA) is 67.6 Å². The molecule has 1 atom stereocenters. The van der Waals surface area contributed by atoms with Crippen LogP contribution in [0.4, 0.5) is 5.69 Å². The van der Waals surface area contributed by atoms with E-state index in [1.54, 1.807) is 19.1 Å². The van der Waals surface area contributed by atoms with E-state index in [0.29, 0.717) is 6.54 Å². The van der Waals surface area contributed by atoms with E-state index < -0.39 is 0 Å². The van der Waals surface area contributed by atoms with E-state index in [1.807, 2.05) is 13.1 Å². The molecule has 110 valence electrons. The minimum Gasteiger partial charge on any atom is -0.374 e. The second kappa shape index (κ2) is 6.78. The molecule has 0 radical (unpaired) electrons. The quantitative estimate of drug-likeness (QED) is 0.650. The average molecular weight is 279 g/mol. The van der Waals surface area contributed by atoms with Crippen LogP contribution >= 0.6 is 0 Å². The fraction of sp³-hybridized carbons (Fsp3) is 0.571. The van der Waals surface area contributed by atoms with Crippen LogP contribution in [0.25, 0.3) is 0 Å². The molecule has 6 nitrogen and oxygen atoms in total. The van der Waals surface area contributed by atoms with Crippen molar-refractivity contribution in [3.8, 4) is 0 Å². The van der Waals surface area contributed by atoms with Gasteiger partial charge in [-0.05, 0) is 19.5 Å². The van der Waals surface area contributed by atoms with Gasteiger partial charge in [-0.15, -0.1) is 0 Å². The number of likely N-dealkylation sites (N-methyl/N-ethyl adjacent to an activating group) is 1. The summed E-state index contributed by atoms with van der Waals surface area (Å²) in [7, 11) is 2.01. The Hall–Kier alpha value is -1.50. The van der Waals surface area contributed by atoms with Gasteiger partial charge in [-0.1, -0.05) is 12.1 Å². The lowest BCUT2D eigenvalue weighted by Gasteiger charge is -2.28. The number of nitro benzene ring substituents is 1. The summed E-state index contributed by atoms with van der Waals surface area (Å²) in [5.74, 6) is 0. The summed E-state index contributed by atoms with van der Waals surface area (Å²) in [5.41, 5.74) is 1.92. The predicted molar refractivity (Wildman–Crippen MR) is 76.8 cm³/mol. The second-order valence-corrected chi connectivity index (χ2v) is 5.21. The summed E-state index contributed by atoms with van der Waals surface area (Å²) in [6.45, 7) is 5.82. The molecular weight excluding hydrogens is 258 g/mol. The van der Waals surface area contributed by atoms with E-state index in [-0.39, 0.29) is 16.7 Å². The minimum atomic E-state index is -0.326. The van der Waals surface area contributed by atoms with E-state index in [1.165, 1.54) is 0 Å². The van der Waals surface area contributed by atoms with Gasteiger partial charge in [-0.25, -0.2) is 0 Å². The Morgan fingerprint density at radius 3 is 3.00 bits per heavy atom. The van der Waals surface area contributed by atoms with Gasteiger partial charge in [0.1, 0.15) is 0 Å². The first-order valence-corrected chi connectivity index (χ1v) is 6.81. The molecule has 0 aliphatic carbocycles. The SMILES string of the molecule is Cc1c(CN(C)CC2CNCCO2)cccc1[N+](=O)[O-]. The molecule has 0 spiro atoms. The number of nitrogens with one attached hydrogen (secondary N) is 1. The zero-order chi connectivity index (χ0) is 14.5. The number of hydrogen-bond acceptors (Lipinski definition) is 5. The van der Waals surface area contributed by atoms with Gasteiger partial charge in [-0.2, -0.15) is 0 Å². The fourth-order valence-electron chi connectivity index (χ4n) is 2.48. The Balaban J connectivity index is 1.98. The summed E-state index contributed by atoms with van der Waals surface area (Å²) in [6, 6.07) is 5.23. The van der Waals surface area contributed by atoms with Crippen LogP contribution in [0.1, 0.15) is 11.1 Å². The van der Waals surface area contributed by atoms with E-state index in [2.05, 4.69) is 10.2 Å². The van der Waals surface area contributed by atoms with Crippen molar-refractivity contribution in [2.24, 2.45) is 0 Å². The highest BCUT2D eigenvalue weighted by Gasteiger charge is 2.18. The number of ether oxygens (including phenoxy) is 1. The molecule has 6 heteroatoms. The standard InChI is InChI=1S/C14H21N3O3/c1-11-12(4-3-5-14(11)17(18)19)9-16(2)10-13-8-15-6-7-20-13/h3-5,13,15H,6-10H2,1-2H3. The first-order chi connectivity index (χ1) is 9.58. The Morgan fingerprint density at radius 1 is 1.55 bits per heavy atom. The van der Waals surface area contributed by atoms with Crippen LogP contribution in [0.2, 0.25) is 0 Å². The molecule has 1 aromatic carbocycles. The summed E-state index contributed by atoms with van der Waals surface area (Å²) in [6.07, 6.45) is 0.188. The average Bonchev–Trinajstić information content (AvgIpc) is 2.42. The van der Waals surface area contributed by atoms with Crippen molar-refractivity contribution in [2.45, 2.75) is 19.6 Å². The Morgan fingerprint density at radius 2 is 2.35 bits per heavy atom. The van der Waals surface area contributed by atoms with Crippen molar-refractivity contribution < 1.29 is 9.66 Å². The molecule has 1 aromatic rings. The van der Waals surface area contributed by atoms with E-state index in [0.717, 1.165) is 37.4 Å². The van der Waals surface area contributed by atoms with Crippen LogP contribution in [0.3, 0.4) is 0 Å². The smallest absolute Gasteiger partial charge is 0.272 e. The van der Waals surface area contributed by atoms with Crippen molar-refractivity contribution >= 4 is 5.69 Å². The van der Waals surface area contributed by atoms with Gasteiger partial charge in [0.15, 0.2) is 0 Å². The Bertz CT molecular complexity index is 473. The predicted octanol–water partition coefficient (Wildman–Crippen LogP) is 1.32. The maximum atomic E-state index is 10.9. The summed E-state index contributed by atoms with van der Waals surface area (Å²) < 4.78 is 5.67. The van der Waals surface area contributed by atoms with E-state index in [4.69, 9.17) is 4.74 Å². The Kier molecular flexibility index (Phi) is 5.05. The molecule has 2 rings (SSSR count). The van der Waals surface area contributed by atoms with Crippen molar-refractivity contribution in [1.82, 2.24) is 10.2 Å². The summed E-state index contributed by atoms with van der Waals surface area (Å²) in [4.78, 5) is 12.8. The Labute approximate surface area is 118 Å².